The maximum absolute atomic E-state index is 10.9. The van der Waals surface area contributed by atoms with Gasteiger partial charge in [-0.1, -0.05) is 12.1 Å². The monoisotopic (exact) mass is 250 g/mol. The van der Waals surface area contributed by atoms with E-state index in [9.17, 15) is 13.5 Å². The van der Waals surface area contributed by atoms with Gasteiger partial charge < -0.3 is 9.84 Å². The minimum atomic E-state index is -3.68. The van der Waals surface area contributed by atoms with Crippen molar-refractivity contribution in [2.24, 2.45) is 0 Å². The number of halogens is 1. The fraction of sp³-hybridized carbons (Fsp3) is 0.333. The minimum absolute atomic E-state index is 0.179. The maximum atomic E-state index is 10.9. The van der Waals surface area contributed by atoms with Crippen LogP contribution in [0.2, 0.25) is 0 Å². The Bertz CT molecular complexity index is 467. The van der Waals surface area contributed by atoms with Gasteiger partial charge in [-0.25, -0.2) is 8.42 Å². The van der Waals surface area contributed by atoms with Crippen molar-refractivity contribution >= 4 is 19.7 Å². The van der Waals surface area contributed by atoms with Crippen LogP contribution in [0.25, 0.3) is 0 Å². The van der Waals surface area contributed by atoms with Crippen LogP contribution in [0.15, 0.2) is 12.1 Å². The SMILES string of the molecule is COc1c(C)ccc(CS(=O)(=O)Cl)c1O. The zero-order chi connectivity index (χ0) is 11.6. The highest BCUT2D eigenvalue weighted by atomic mass is 35.7. The number of methoxy groups -OCH3 is 1. The molecule has 84 valence electrons. The Balaban J connectivity index is 3.22. The van der Waals surface area contributed by atoms with Gasteiger partial charge in [-0.2, -0.15) is 0 Å². The molecule has 0 bridgehead atoms. The number of phenols is 1. The molecule has 15 heavy (non-hydrogen) atoms. The summed E-state index contributed by atoms with van der Waals surface area (Å²) in [5, 5.41) is 9.68. The van der Waals surface area contributed by atoms with Crippen molar-refractivity contribution in [1.82, 2.24) is 0 Å². The Morgan fingerprint density at radius 3 is 2.53 bits per heavy atom. The Kier molecular flexibility index (Phi) is 3.46. The van der Waals surface area contributed by atoms with E-state index in [2.05, 4.69) is 0 Å². The van der Waals surface area contributed by atoms with Gasteiger partial charge in [-0.15, -0.1) is 0 Å². The van der Waals surface area contributed by atoms with Crippen molar-refractivity contribution in [2.45, 2.75) is 12.7 Å². The summed E-state index contributed by atoms with van der Waals surface area (Å²) in [6.45, 7) is 1.75. The second kappa shape index (κ2) is 4.28. The van der Waals surface area contributed by atoms with Gasteiger partial charge in [0.25, 0.3) is 0 Å². The van der Waals surface area contributed by atoms with Gasteiger partial charge in [0, 0.05) is 16.2 Å². The first-order chi connectivity index (χ1) is 6.85. The summed E-state index contributed by atoms with van der Waals surface area (Å²) in [5.41, 5.74) is 0.957. The summed E-state index contributed by atoms with van der Waals surface area (Å²) >= 11 is 0. The fourth-order valence-electron chi connectivity index (χ4n) is 1.27. The topological polar surface area (TPSA) is 63.6 Å². The zero-order valence-electron chi connectivity index (χ0n) is 8.32. The van der Waals surface area contributed by atoms with E-state index in [1.165, 1.54) is 13.2 Å². The molecule has 0 aliphatic rings. The standard InChI is InChI=1S/C9H11ClO4S/c1-6-3-4-7(5-15(10,12)13)8(11)9(6)14-2/h3-4,11H,5H2,1-2H3. The molecule has 0 saturated carbocycles. The summed E-state index contributed by atoms with van der Waals surface area (Å²) in [6.07, 6.45) is 0. The van der Waals surface area contributed by atoms with Crippen LogP contribution in [0.4, 0.5) is 0 Å². The molecule has 0 amide bonds. The van der Waals surface area contributed by atoms with Gasteiger partial charge in [-0.05, 0) is 12.5 Å². The van der Waals surface area contributed by atoms with Crippen molar-refractivity contribution in [3.63, 3.8) is 0 Å². The number of aromatic hydroxyl groups is 1. The summed E-state index contributed by atoms with van der Waals surface area (Å²) in [7, 11) is 2.82. The van der Waals surface area contributed by atoms with E-state index in [1.807, 2.05) is 0 Å². The van der Waals surface area contributed by atoms with Crippen molar-refractivity contribution in [3.05, 3.63) is 23.3 Å². The van der Waals surface area contributed by atoms with Gasteiger partial charge in [0.2, 0.25) is 9.05 Å². The van der Waals surface area contributed by atoms with Crippen LogP contribution in [0, 0.1) is 6.92 Å². The molecule has 4 nitrogen and oxygen atoms in total. The molecule has 1 aromatic carbocycles. The molecule has 0 unspecified atom stereocenters. The van der Waals surface area contributed by atoms with Crippen molar-refractivity contribution in [3.8, 4) is 11.5 Å². The highest BCUT2D eigenvalue weighted by Crippen LogP contribution is 2.34. The van der Waals surface area contributed by atoms with E-state index in [1.54, 1.807) is 13.0 Å². The van der Waals surface area contributed by atoms with Gasteiger partial charge in [0.05, 0.1) is 12.9 Å². The minimum Gasteiger partial charge on any atom is -0.504 e. The molecular formula is C9H11ClO4S. The second-order valence-corrected chi connectivity index (χ2v) is 5.88. The van der Waals surface area contributed by atoms with E-state index < -0.39 is 14.8 Å². The molecule has 0 fully saturated rings. The average molecular weight is 251 g/mol. The quantitative estimate of drug-likeness (QED) is 0.831. The highest BCUT2D eigenvalue weighted by Gasteiger charge is 2.15. The van der Waals surface area contributed by atoms with E-state index >= 15 is 0 Å². The number of rotatable bonds is 3. The molecule has 0 aliphatic heterocycles. The van der Waals surface area contributed by atoms with Gasteiger partial charge >= 0.3 is 0 Å². The highest BCUT2D eigenvalue weighted by molar-refractivity contribution is 8.13. The molecule has 0 atom stereocenters. The average Bonchev–Trinajstić information content (AvgIpc) is 2.09. The van der Waals surface area contributed by atoms with Crippen LogP contribution in [-0.4, -0.2) is 20.6 Å². The summed E-state index contributed by atoms with van der Waals surface area (Å²) < 4.78 is 26.6. The van der Waals surface area contributed by atoms with Crippen molar-refractivity contribution < 1.29 is 18.3 Å². The third-order valence-electron chi connectivity index (χ3n) is 1.94. The lowest BCUT2D eigenvalue weighted by Gasteiger charge is -2.10. The molecule has 0 heterocycles. The lowest BCUT2D eigenvalue weighted by Crippen LogP contribution is -1.98. The van der Waals surface area contributed by atoms with Crippen molar-refractivity contribution in [1.29, 1.82) is 0 Å². The van der Waals surface area contributed by atoms with Crippen LogP contribution in [0.1, 0.15) is 11.1 Å². The smallest absolute Gasteiger partial charge is 0.236 e. The van der Waals surface area contributed by atoms with Crippen LogP contribution in [-0.2, 0) is 14.8 Å². The summed E-state index contributed by atoms with van der Waals surface area (Å²) in [5.74, 6) is -0.327. The normalized spacial score (nSPS) is 11.4. The van der Waals surface area contributed by atoms with Gasteiger partial charge in [0.15, 0.2) is 11.5 Å². The second-order valence-electron chi connectivity index (χ2n) is 3.11. The summed E-state index contributed by atoms with van der Waals surface area (Å²) in [6, 6.07) is 3.17. The molecule has 0 aliphatic carbocycles. The predicted molar refractivity (Wildman–Crippen MR) is 57.9 cm³/mol. The molecule has 0 aromatic heterocycles. The maximum Gasteiger partial charge on any atom is 0.236 e. The largest absolute Gasteiger partial charge is 0.504 e. The number of aryl methyl sites for hydroxylation is 1. The fourth-order valence-corrected chi connectivity index (χ4v) is 2.23. The molecule has 0 saturated heterocycles. The van der Waals surface area contributed by atoms with Gasteiger partial charge in [-0.3, -0.25) is 0 Å². The van der Waals surface area contributed by atoms with Crippen molar-refractivity contribution in [2.75, 3.05) is 7.11 Å². The van der Waals surface area contributed by atoms with E-state index in [0.29, 0.717) is 0 Å². The Labute approximate surface area is 92.9 Å². The summed E-state index contributed by atoms with van der Waals surface area (Å²) in [4.78, 5) is 0. The lowest BCUT2D eigenvalue weighted by molar-refractivity contribution is 0.369. The Morgan fingerprint density at radius 1 is 1.47 bits per heavy atom. The van der Waals surface area contributed by atoms with E-state index in [4.69, 9.17) is 15.4 Å². The van der Waals surface area contributed by atoms with E-state index in [0.717, 1.165) is 5.56 Å². The molecule has 0 radical (unpaired) electrons. The van der Waals surface area contributed by atoms with Crippen LogP contribution in [0.5, 0.6) is 11.5 Å². The first-order valence-electron chi connectivity index (χ1n) is 4.13. The van der Waals surface area contributed by atoms with Crippen LogP contribution >= 0.6 is 10.7 Å². The van der Waals surface area contributed by atoms with Gasteiger partial charge in [0.1, 0.15) is 0 Å². The molecule has 1 aromatic rings. The number of benzene rings is 1. The van der Waals surface area contributed by atoms with E-state index in [-0.39, 0.29) is 17.1 Å². The number of hydrogen-bond donors (Lipinski definition) is 1. The predicted octanol–water partition coefficient (Wildman–Crippen LogP) is 1.78. The molecule has 0 spiro atoms. The molecule has 6 heteroatoms. The Morgan fingerprint density at radius 2 is 2.07 bits per heavy atom. The first kappa shape index (κ1) is 12.1. The lowest BCUT2D eigenvalue weighted by atomic mass is 10.1. The first-order valence-corrected chi connectivity index (χ1v) is 6.60. The molecular weight excluding hydrogens is 240 g/mol. The number of hydrogen-bond acceptors (Lipinski definition) is 4. The number of ether oxygens (including phenoxy) is 1. The third-order valence-corrected chi connectivity index (χ3v) is 2.93. The third kappa shape index (κ3) is 3.00. The number of phenolic OH excluding ortho intramolecular Hbond substituents is 1. The van der Waals surface area contributed by atoms with Crippen LogP contribution < -0.4 is 4.74 Å². The Hall–Kier alpha value is -0.940. The molecule has 1 N–H and O–H groups in total. The zero-order valence-corrected chi connectivity index (χ0v) is 9.89. The molecule has 1 rings (SSSR count). The van der Waals surface area contributed by atoms with Crippen LogP contribution in [0.3, 0.4) is 0 Å².